The molecule has 4 heteroatoms. The summed E-state index contributed by atoms with van der Waals surface area (Å²) in [4.78, 5) is 6.51. The zero-order valence-corrected chi connectivity index (χ0v) is 10.8. The lowest BCUT2D eigenvalue weighted by molar-refractivity contribution is 0.415. The summed E-state index contributed by atoms with van der Waals surface area (Å²) in [5, 5.41) is 9.87. The summed E-state index contributed by atoms with van der Waals surface area (Å²) in [7, 11) is 5.50. The summed E-state index contributed by atoms with van der Waals surface area (Å²) in [6, 6.07) is 9.93. The van der Waals surface area contributed by atoms with Gasteiger partial charge in [0.1, 0.15) is 11.6 Å². The van der Waals surface area contributed by atoms with Crippen LogP contribution >= 0.6 is 0 Å². The predicted octanol–water partition coefficient (Wildman–Crippen LogP) is 2.38. The molecule has 0 N–H and O–H groups in total. The van der Waals surface area contributed by atoms with Crippen LogP contribution in [0, 0.1) is 11.3 Å². The second-order valence-electron chi connectivity index (χ2n) is 4.26. The Labute approximate surface area is 106 Å². The maximum absolute atomic E-state index is 8.88. The number of pyridine rings is 1. The number of rotatable bonds is 3. The Balaban J connectivity index is 2.64. The van der Waals surface area contributed by atoms with E-state index in [0.29, 0.717) is 6.42 Å². The number of nitrogens with zero attached hydrogens (tertiary/aromatic N) is 3. The monoisotopic (exact) mass is 241 g/mol. The molecule has 92 valence electrons. The largest absolute Gasteiger partial charge is 0.497 e. The van der Waals surface area contributed by atoms with E-state index in [4.69, 9.17) is 10.00 Å². The third-order valence-corrected chi connectivity index (χ3v) is 2.77. The van der Waals surface area contributed by atoms with E-state index in [9.17, 15) is 0 Å². The summed E-state index contributed by atoms with van der Waals surface area (Å²) < 4.78 is 5.20. The van der Waals surface area contributed by atoms with Crippen molar-refractivity contribution >= 4 is 16.7 Å². The maximum atomic E-state index is 8.88. The average Bonchev–Trinajstić information content (AvgIpc) is 2.37. The van der Waals surface area contributed by atoms with E-state index in [1.54, 1.807) is 7.11 Å². The number of aromatic nitrogens is 1. The van der Waals surface area contributed by atoms with Crippen molar-refractivity contribution in [1.29, 1.82) is 5.26 Å². The topological polar surface area (TPSA) is 49.1 Å². The average molecular weight is 241 g/mol. The Kier molecular flexibility index (Phi) is 3.33. The van der Waals surface area contributed by atoms with Gasteiger partial charge in [-0.1, -0.05) is 0 Å². The third-order valence-electron chi connectivity index (χ3n) is 2.77. The van der Waals surface area contributed by atoms with Gasteiger partial charge >= 0.3 is 0 Å². The van der Waals surface area contributed by atoms with Gasteiger partial charge in [0.15, 0.2) is 0 Å². The highest BCUT2D eigenvalue weighted by Crippen LogP contribution is 2.25. The number of fused-ring (bicyclic) bond motifs is 1. The van der Waals surface area contributed by atoms with Crippen LogP contribution in [0.3, 0.4) is 0 Å². The molecule has 0 aliphatic rings. The zero-order chi connectivity index (χ0) is 13.1. The van der Waals surface area contributed by atoms with Crippen molar-refractivity contribution in [3.63, 3.8) is 0 Å². The molecule has 0 saturated heterocycles. The number of nitriles is 1. The quantitative estimate of drug-likeness (QED) is 0.827. The molecule has 1 aromatic carbocycles. The molecule has 0 saturated carbocycles. The van der Waals surface area contributed by atoms with Crippen LogP contribution in [-0.2, 0) is 6.42 Å². The fourth-order valence-corrected chi connectivity index (χ4v) is 1.92. The molecule has 0 atom stereocenters. The van der Waals surface area contributed by atoms with Crippen molar-refractivity contribution in [2.24, 2.45) is 0 Å². The Morgan fingerprint density at radius 1 is 1.33 bits per heavy atom. The lowest BCUT2D eigenvalue weighted by Crippen LogP contribution is -2.13. The van der Waals surface area contributed by atoms with E-state index >= 15 is 0 Å². The van der Waals surface area contributed by atoms with Crippen molar-refractivity contribution in [3.8, 4) is 11.8 Å². The molecule has 0 unspecified atom stereocenters. The van der Waals surface area contributed by atoms with E-state index < -0.39 is 0 Å². The first kappa shape index (κ1) is 12.2. The molecule has 2 rings (SSSR count). The molecule has 0 fully saturated rings. The van der Waals surface area contributed by atoms with Gasteiger partial charge in [-0.25, -0.2) is 4.98 Å². The standard InChI is InChI=1S/C14H15N3O/c1-17(2)14-10(6-7-15)8-11-9-12(18-3)4-5-13(11)16-14/h4-5,8-9H,6H2,1-3H3. The number of benzene rings is 1. The van der Waals surface area contributed by atoms with Crippen LogP contribution in [0.5, 0.6) is 5.75 Å². The lowest BCUT2D eigenvalue weighted by atomic mass is 10.1. The fourth-order valence-electron chi connectivity index (χ4n) is 1.92. The van der Waals surface area contributed by atoms with Crippen LogP contribution in [0.25, 0.3) is 10.9 Å². The second-order valence-corrected chi connectivity index (χ2v) is 4.26. The number of hydrogen-bond donors (Lipinski definition) is 0. The third kappa shape index (κ3) is 2.21. The Morgan fingerprint density at radius 2 is 2.11 bits per heavy atom. The highest BCUT2D eigenvalue weighted by Gasteiger charge is 2.09. The highest BCUT2D eigenvalue weighted by molar-refractivity contribution is 5.83. The van der Waals surface area contributed by atoms with Crippen molar-refractivity contribution in [2.45, 2.75) is 6.42 Å². The van der Waals surface area contributed by atoms with Gasteiger partial charge in [0, 0.05) is 25.0 Å². The Bertz CT molecular complexity index is 614. The van der Waals surface area contributed by atoms with Gasteiger partial charge in [-0.2, -0.15) is 5.26 Å². The van der Waals surface area contributed by atoms with Crippen molar-refractivity contribution < 1.29 is 4.74 Å². The molecule has 0 aliphatic carbocycles. The fraction of sp³-hybridized carbons (Fsp3) is 0.286. The van der Waals surface area contributed by atoms with Crippen LogP contribution in [0.2, 0.25) is 0 Å². The summed E-state index contributed by atoms with van der Waals surface area (Å²) in [5.74, 6) is 1.64. The van der Waals surface area contributed by atoms with Gasteiger partial charge in [-0.15, -0.1) is 0 Å². The molecular weight excluding hydrogens is 226 g/mol. The molecule has 0 radical (unpaired) electrons. The number of methoxy groups -OCH3 is 1. The molecule has 0 aliphatic heterocycles. The van der Waals surface area contributed by atoms with Crippen LogP contribution < -0.4 is 9.64 Å². The van der Waals surface area contributed by atoms with Crippen molar-refractivity contribution in [3.05, 3.63) is 29.8 Å². The van der Waals surface area contributed by atoms with Gasteiger partial charge in [0.2, 0.25) is 0 Å². The molecule has 2 aromatic rings. The van der Waals surface area contributed by atoms with E-state index in [-0.39, 0.29) is 0 Å². The molecule has 0 bridgehead atoms. The molecule has 18 heavy (non-hydrogen) atoms. The Morgan fingerprint density at radius 3 is 2.72 bits per heavy atom. The number of anilines is 1. The first-order valence-electron chi connectivity index (χ1n) is 5.67. The van der Waals surface area contributed by atoms with Gasteiger partial charge in [0.05, 0.1) is 25.1 Å². The predicted molar refractivity (Wildman–Crippen MR) is 71.9 cm³/mol. The molecular formula is C14H15N3O. The Hall–Kier alpha value is -2.28. The number of hydrogen-bond acceptors (Lipinski definition) is 4. The van der Waals surface area contributed by atoms with Crippen LogP contribution in [-0.4, -0.2) is 26.2 Å². The van der Waals surface area contributed by atoms with Gasteiger partial charge < -0.3 is 9.64 Å². The molecule has 0 amide bonds. The zero-order valence-electron chi connectivity index (χ0n) is 10.8. The summed E-state index contributed by atoms with van der Waals surface area (Å²) >= 11 is 0. The van der Waals surface area contributed by atoms with Gasteiger partial charge in [-0.05, 0) is 24.3 Å². The van der Waals surface area contributed by atoms with Gasteiger partial charge in [-0.3, -0.25) is 0 Å². The first-order valence-corrected chi connectivity index (χ1v) is 5.67. The molecule has 4 nitrogen and oxygen atoms in total. The van der Waals surface area contributed by atoms with Crippen LogP contribution in [0.1, 0.15) is 5.56 Å². The minimum absolute atomic E-state index is 0.355. The minimum atomic E-state index is 0.355. The maximum Gasteiger partial charge on any atom is 0.133 e. The molecule has 0 spiro atoms. The summed E-state index contributed by atoms with van der Waals surface area (Å²) in [6.07, 6.45) is 0.355. The van der Waals surface area contributed by atoms with Gasteiger partial charge in [0.25, 0.3) is 0 Å². The molecule has 1 heterocycles. The summed E-state index contributed by atoms with van der Waals surface area (Å²) in [5.41, 5.74) is 1.84. The molecule has 1 aromatic heterocycles. The van der Waals surface area contributed by atoms with E-state index in [1.165, 1.54) is 0 Å². The normalized spacial score (nSPS) is 10.1. The number of ether oxygens (including phenoxy) is 1. The smallest absolute Gasteiger partial charge is 0.133 e. The lowest BCUT2D eigenvalue weighted by Gasteiger charge is -2.16. The van der Waals surface area contributed by atoms with Crippen LogP contribution in [0.15, 0.2) is 24.3 Å². The highest BCUT2D eigenvalue weighted by atomic mass is 16.5. The second kappa shape index (κ2) is 4.92. The minimum Gasteiger partial charge on any atom is -0.497 e. The SMILES string of the molecule is COc1ccc2nc(N(C)C)c(CC#N)cc2c1. The van der Waals surface area contributed by atoms with Crippen LogP contribution in [0.4, 0.5) is 5.82 Å². The van der Waals surface area contributed by atoms with E-state index in [2.05, 4.69) is 11.1 Å². The van der Waals surface area contributed by atoms with Crippen molar-refractivity contribution in [2.75, 3.05) is 26.1 Å². The first-order chi connectivity index (χ1) is 8.65. The van der Waals surface area contributed by atoms with Crippen molar-refractivity contribution in [1.82, 2.24) is 4.98 Å². The summed E-state index contributed by atoms with van der Waals surface area (Å²) in [6.45, 7) is 0. The van der Waals surface area contributed by atoms with E-state index in [0.717, 1.165) is 28.0 Å². The van der Waals surface area contributed by atoms with E-state index in [1.807, 2.05) is 43.3 Å².